The summed E-state index contributed by atoms with van der Waals surface area (Å²) in [5, 5.41) is 2.70. The van der Waals surface area contributed by atoms with Crippen LogP contribution in [0, 0.1) is 11.8 Å². The zero-order valence-electron chi connectivity index (χ0n) is 23.1. The summed E-state index contributed by atoms with van der Waals surface area (Å²) in [5.41, 5.74) is -0.137. The maximum Gasteiger partial charge on any atom is 0.328 e. The average Bonchev–Trinajstić information content (AvgIpc) is 2.91. The minimum atomic E-state index is -0.953. The normalized spacial score (nSPS) is 21.8. The number of esters is 3. The molecule has 0 radical (unpaired) electrons. The first kappa shape index (κ1) is 30.9. The fourth-order valence-corrected chi connectivity index (χ4v) is 4.22. The number of cyclic esters (lactones) is 1. The summed E-state index contributed by atoms with van der Waals surface area (Å²) < 4.78 is 27.2. The van der Waals surface area contributed by atoms with Crippen molar-refractivity contribution in [2.75, 3.05) is 13.9 Å². The molecule has 1 fully saturated rings. The van der Waals surface area contributed by atoms with Crippen molar-refractivity contribution in [2.45, 2.75) is 91.4 Å². The van der Waals surface area contributed by atoms with Crippen LogP contribution in [0.2, 0.25) is 0 Å². The topological polar surface area (TPSA) is 139 Å². The van der Waals surface area contributed by atoms with Gasteiger partial charge in [-0.1, -0.05) is 33.6 Å². The molecule has 1 amide bonds. The van der Waals surface area contributed by atoms with Gasteiger partial charge in [0.05, 0.1) is 13.0 Å². The molecule has 1 N–H and O–H groups in total. The number of carbonyl (C=O) groups excluding carboxylic acids is 4. The van der Waals surface area contributed by atoms with Gasteiger partial charge in [-0.25, -0.2) is 9.78 Å². The summed E-state index contributed by atoms with van der Waals surface area (Å²) >= 11 is 0. The average molecular weight is 537 g/mol. The molecule has 1 saturated heterocycles. The van der Waals surface area contributed by atoms with Crippen LogP contribution in [0.25, 0.3) is 0 Å². The van der Waals surface area contributed by atoms with E-state index < -0.39 is 42.9 Å². The van der Waals surface area contributed by atoms with Gasteiger partial charge >= 0.3 is 17.9 Å². The second-order valence-electron chi connectivity index (χ2n) is 9.62. The number of nitrogens with zero attached hydrogens (tertiary/aromatic N) is 1. The number of aromatic nitrogens is 1. The largest absolute Gasteiger partial charge is 0.493 e. The molecule has 0 unspecified atom stereocenters. The lowest BCUT2D eigenvalue weighted by molar-refractivity contribution is -0.164. The first-order chi connectivity index (χ1) is 18.1. The molecule has 11 heteroatoms. The standard InChI is InChI=1S/C27H40N2O9/c1-7-8-10-19-17(4)37-27(33)20(11-9-12-21(19)38-26(32)16(2)3)29-25(31)23-24(36-15-35-18(5)30)22(34-6)13-14-28-23/h13-14,16-17,19-21H,7-12,15H2,1-6H3,(H,29,31)/t17-,19-,20-,21-/m0/s1. The predicted molar refractivity (Wildman–Crippen MR) is 136 cm³/mol. The summed E-state index contributed by atoms with van der Waals surface area (Å²) in [7, 11) is 1.39. The summed E-state index contributed by atoms with van der Waals surface area (Å²) in [6.45, 7) is 8.21. The van der Waals surface area contributed by atoms with Crippen molar-refractivity contribution < 1.29 is 42.9 Å². The Labute approximate surface area is 223 Å². The summed E-state index contributed by atoms with van der Waals surface area (Å²) in [4.78, 5) is 53.9. The van der Waals surface area contributed by atoms with Gasteiger partial charge in [0.1, 0.15) is 18.2 Å². The molecule has 4 atom stereocenters. The lowest BCUT2D eigenvalue weighted by Gasteiger charge is -2.31. The minimum absolute atomic E-state index is 0.0288. The van der Waals surface area contributed by atoms with Crippen molar-refractivity contribution in [3.8, 4) is 11.5 Å². The molecule has 2 rings (SSSR count). The van der Waals surface area contributed by atoms with Gasteiger partial charge < -0.3 is 29.0 Å². The Morgan fingerprint density at radius 1 is 1.24 bits per heavy atom. The SMILES string of the molecule is CCCC[C@H]1[C@H](C)OC(=O)[C@@H](NC(=O)c2nccc(OC)c2OCOC(C)=O)CCC[C@@H]1OC(=O)C(C)C. The molecule has 212 valence electrons. The molecule has 0 spiro atoms. The van der Waals surface area contributed by atoms with Gasteiger partial charge in [0.25, 0.3) is 5.91 Å². The van der Waals surface area contributed by atoms with Crippen LogP contribution in [-0.4, -0.2) is 61.0 Å². The van der Waals surface area contributed by atoms with E-state index in [0.29, 0.717) is 12.8 Å². The zero-order chi connectivity index (χ0) is 28.2. The highest BCUT2D eigenvalue weighted by Crippen LogP contribution is 2.31. The van der Waals surface area contributed by atoms with Crippen molar-refractivity contribution in [3.63, 3.8) is 0 Å². The van der Waals surface area contributed by atoms with Crippen LogP contribution in [0.15, 0.2) is 12.3 Å². The van der Waals surface area contributed by atoms with E-state index in [-0.39, 0.29) is 41.4 Å². The van der Waals surface area contributed by atoms with Crippen LogP contribution in [0.3, 0.4) is 0 Å². The molecule has 0 aromatic carbocycles. The molecule has 1 aromatic rings. The Balaban J connectivity index is 2.23. The van der Waals surface area contributed by atoms with Gasteiger partial charge in [-0.3, -0.25) is 14.4 Å². The van der Waals surface area contributed by atoms with Gasteiger partial charge in [-0.05, 0) is 32.6 Å². The van der Waals surface area contributed by atoms with E-state index in [1.165, 1.54) is 26.3 Å². The van der Waals surface area contributed by atoms with E-state index in [1.807, 2.05) is 0 Å². The third kappa shape index (κ3) is 8.88. The Morgan fingerprint density at radius 2 is 1.97 bits per heavy atom. The Morgan fingerprint density at radius 3 is 2.61 bits per heavy atom. The number of hydrogen-bond acceptors (Lipinski definition) is 10. The second kappa shape index (κ2) is 15.1. The fourth-order valence-electron chi connectivity index (χ4n) is 4.22. The Bertz CT molecular complexity index is 966. The molecule has 1 aliphatic heterocycles. The van der Waals surface area contributed by atoms with Crippen molar-refractivity contribution in [2.24, 2.45) is 11.8 Å². The van der Waals surface area contributed by atoms with Crippen molar-refractivity contribution in [1.82, 2.24) is 10.3 Å². The van der Waals surface area contributed by atoms with Crippen LogP contribution in [0.4, 0.5) is 0 Å². The zero-order valence-corrected chi connectivity index (χ0v) is 23.1. The first-order valence-corrected chi connectivity index (χ1v) is 13.1. The number of nitrogens with one attached hydrogen (secondary N) is 1. The monoisotopic (exact) mass is 536 g/mol. The lowest BCUT2D eigenvalue weighted by Crippen LogP contribution is -2.44. The molecule has 0 aliphatic carbocycles. The highest BCUT2D eigenvalue weighted by Gasteiger charge is 2.36. The van der Waals surface area contributed by atoms with Crippen molar-refractivity contribution >= 4 is 23.8 Å². The summed E-state index contributed by atoms with van der Waals surface area (Å²) in [6.07, 6.45) is 4.39. The Hall–Kier alpha value is -3.37. The van der Waals surface area contributed by atoms with Crippen LogP contribution in [0.5, 0.6) is 11.5 Å². The quantitative estimate of drug-likeness (QED) is 0.254. The van der Waals surface area contributed by atoms with E-state index in [4.69, 9.17) is 23.7 Å². The molecule has 1 aromatic heterocycles. The lowest BCUT2D eigenvalue weighted by atomic mass is 9.88. The van der Waals surface area contributed by atoms with Crippen LogP contribution < -0.4 is 14.8 Å². The maximum atomic E-state index is 13.2. The number of hydrogen-bond donors (Lipinski definition) is 1. The van der Waals surface area contributed by atoms with E-state index in [2.05, 4.69) is 17.2 Å². The van der Waals surface area contributed by atoms with Gasteiger partial charge in [-0.2, -0.15) is 0 Å². The number of methoxy groups -OCH3 is 1. The smallest absolute Gasteiger partial charge is 0.328 e. The van der Waals surface area contributed by atoms with Gasteiger partial charge in [0, 0.05) is 25.1 Å². The molecular weight excluding hydrogens is 496 g/mol. The van der Waals surface area contributed by atoms with Crippen LogP contribution in [-0.2, 0) is 28.6 Å². The highest BCUT2D eigenvalue weighted by atomic mass is 16.7. The van der Waals surface area contributed by atoms with Crippen molar-refractivity contribution in [3.05, 3.63) is 18.0 Å². The van der Waals surface area contributed by atoms with E-state index >= 15 is 0 Å². The molecule has 1 aliphatic rings. The molecule has 38 heavy (non-hydrogen) atoms. The molecule has 0 bridgehead atoms. The summed E-state index contributed by atoms with van der Waals surface area (Å²) in [6, 6.07) is 0.538. The van der Waals surface area contributed by atoms with Crippen molar-refractivity contribution in [1.29, 1.82) is 0 Å². The van der Waals surface area contributed by atoms with Gasteiger partial charge in [-0.15, -0.1) is 0 Å². The second-order valence-corrected chi connectivity index (χ2v) is 9.62. The molecule has 2 heterocycles. The number of rotatable bonds is 11. The Kier molecular flexibility index (Phi) is 12.3. The summed E-state index contributed by atoms with van der Waals surface area (Å²) in [5.74, 6) is -2.35. The van der Waals surface area contributed by atoms with Gasteiger partial charge in [0.2, 0.25) is 6.79 Å². The number of unbranched alkanes of at least 4 members (excludes halogenated alkanes) is 1. The highest BCUT2D eigenvalue weighted by molar-refractivity contribution is 5.98. The number of pyridine rings is 1. The van der Waals surface area contributed by atoms with E-state index in [0.717, 1.165) is 19.3 Å². The maximum absolute atomic E-state index is 13.2. The number of ether oxygens (including phenoxy) is 5. The molecular formula is C27H40N2O9. The predicted octanol–water partition coefficient (Wildman–Crippen LogP) is 3.58. The van der Waals surface area contributed by atoms with Gasteiger partial charge in [0.15, 0.2) is 17.2 Å². The number of amides is 1. The molecule has 11 nitrogen and oxygen atoms in total. The third-order valence-corrected chi connectivity index (χ3v) is 6.35. The van der Waals surface area contributed by atoms with Crippen LogP contribution >= 0.6 is 0 Å². The number of carbonyl (C=O) groups is 4. The third-order valence-electron chi connectivity index (χ3n) is 6.35. The minimum Gasteiger partial charge on any atom is -0.493 e. The molecule has 0 saturated carbocycles. The van der Waals surface area contributed by atoms with E-state index in [1.54, 1.807) is 20.8 Å². The van der Waals surface area contributed by atoms with Crippen LogP contribution in [0.1, 0.15) is 83.6 Å². The fraction of sp³-hybridized carbons (Fsp3) is 0.667. The van der Waals surface area contributed by atoms with E-state index in [9.17, 15) is 19.2 Å². The first-order valence-electron chi connectivity index (χ1n) is 13.1.